The molecule has 1 aliphatic heterocycles. The summed E-state index contributed by atoms with van der Waals surface area (Å²) in [4.78, 5) is 11.3. The number of hydrogen-bond acceptors (Lipinski definition) is 3. The first kappa shape index (κ1) is 25.5. The lowest BCUT2D eigenvalue weighted by Gasteiger charge is -2.32. The highest BCUT2D eigenvalue weighted by atomic mass is 19.4. The van der Waals surface area contributed by atoms with E-state index in [1.54, 1.807) is 13.8 Å². The Bertz CT molecular complexity index is 615. The second kappa shape index (κ2) is 9.10. The molecule has 4 nitrogen and oxygen atoms in total. The van der Waals surface area contributed by atoms with Gasteiger partial charge in [-0.1, -0.05) is 26.0 Å². The monoisotopic (exact) mass is 389 g/mol. The van der Waals surface area contributed by atoms with Gasteiger partial charge in [0.1, 0.15) is 0 Å². The normalized spacial score (nSPS) is 18.4. The van der Waals surface area contributed by atoms with E-state index in [0.717, 1.165) is 5.57 Å². The number of allylic oxidation sites excluding steroid dienone is 4. The van der Waals surface area contributed by atoms with Crippen LogP contribution in [0.4, 0.5) is 13.2 Å². The van der Waals surface area contributed by atoms with Crippen molar-refractivity contribution in [3.63, 3.8) is 0 Å². The fourth-order valence-electron chi connectivity index (χ4n) is 2.03. The molecule has 0 aliphatic carbocycles. The van der Waals surface area contributed by atoms with Gasteiger partial charge in [-0.15, -0.1) is 0 Å². The Morgan fingerprint density at radius 3 is 1.74 bits per heavy atom. The van der Waals surface area contributed by atoms with Crippen molar-refractivity contribution < 1.29 is 27.3 Å². The predicted molar refractivity (Wildman–Crippen MR) is 103 cm³/mol. The minimum Gasteiger partial charge on any atom is -0.399 e. The van der Waals surface area contributed by atoms with Crippen molar-refractivity contribution >= 4 is 13.0 Å². The summed E-state index contributed by atoms with van der Waals surface area (Å²) in [6.45, 7) is 20.2. The minimum atomic E-state index is -4.98. The van der Waals surface area contributed by atoms with Crippen molar-refractivity contribution in [2.24, 2.45) is 0 Å². The van der Waals surface area contributed by atoms with Gasteiger partial charge < -0.3 is 14.6 Å². The summed E-state index contributed by atoms with van der Waals surface area (Å²) >= 11 is 0. The fraction of sp³-hybridized carbons (Fsp3) is 0.632. The van der Waals surface area contributed by atoms with E-state index in [1.165, 1.54) is 13.0 Å². The molecule has 0 bridgehead atoms. The van der Waals surface area contributed by atoms with E-state index < -0.39 is 30.4 Å². The van der Waals surface area contributed by atoms with Gasteiger partial charge in [0.05, 0.1) is 11.2 Å². The number of nitrogens with one attached hydrogen (secondary N) is 1. The van der Waals surface area contributed by atoms with Crippen LogP contribution in [0.25, 0.3) is 0 Å². The van der Waals surface area contributed by atoms with Crippen LogP contribution in [0.5, 0.6) is 0 Å². The molecule has 1 fully saturated rings. The van der Waals surface area contributed by atoms with Crippen LogP contribution in [0.15, 0.2) is 35.0 Å². The van der Waals surface area contributed by atoms with Gasteiger partial charge in [-0.2, -0.15) is 13.2 Å². The van der Waals surface area contributed by atoms with Gasteiger partial charge in [0.25, 0.3) is 0 Å². The highest BCUT2D eigenvalue weighted by Gasteiger charge is 2.52. The molecule has 0 radical (unpaired) electrons. The number of carbonyl (C=O) groups is 1. The smallest absolute Gasteiger partial charge is 0.399 e. The highest BCUT2D eigenvalue weighted by Crippen LogP contribution is 2.39. The van der Waals surface area contributed by atoms with E-state index in [1.807, 2.05) is 46.9 Å². The first-order valence-corrected chi connectivity index (χ1v) is 8.87. The van der Waals surface area contributed by atoms with Gasteiger partial charge in [0.2, 0.25) is 0 Å². The third kappa shape index (κ3) is 6.54. The largest absolute Gasteiger partial charge is 0.494 e. The zero-order chi connectivity index (χ0) is 21.8. The van der Waals surface area contributed by atoms with E-state index in [-0.39, 0.29) is 11.3 Å². The van der Waals surface area contributed by atoms with Crippen LogP contribution in [0, 0.1) is 0 Å². The Kier molecular flexibility index (Phi) is 8.59. The van der Waals surface area contributed by atoms with Crippen LogP contribution in [-0.4, -0.2) is 30.4 Å². The zero-order valence-electron chi connectivity index (χ0n) is 17.7. The van der Waals surface area contributed by atoms with Crippen LogP contribution in [0.2, 0.25) is 0 Å². The molecule has 154 valence electrons. The third-order valence-corrected chi connectivity index (χ3v) is 4.35. The summed E-state index contributed by atoms with van der Waals surface area (Å²) in [5.74, 6) is -2.05. The van der Waals surface area contributed by atoms with E-state index in [4.69, 9.17) is 9.31 Å². The zero-order valence-corrected chi connectivity index (χ0v) is 17.7. The molecule has 0 unspecified atom stereocenters. The second-order valence-corrected chi connectivity index (χ2v) is 7.33. The molecule has 0 saturated carbocycles. The van der Waals surface area contributed by atoms with Gasteiger partial charge >= 0.3 is 19.2 Å². The van der Waals surface area contributed by atoms with Crippen LogP contribution >= 0.6 is 0 Å². The molecule has 1 rings (SSSR count). The van der Waals surface area contributed by atoms with Gasteiger partial charge in [-0.05, 0) is 65.6 Å². The Morgan fingerprint density at radius 1 is 1.04 bits per heavy atom. The van der Waals surface area contributed by atoms with E-state index in [2.05, 4.69) is 6.58 Å². The van der Waals surface area contributed by atoms with E-state index in [9.17, 15) is 18.0 Å². The van der Waals surface area contributed by atoms with E-state index >= 15 is 0 Å². The van der Waals surface area contributed by atoms with Crippen molar-refractivity contribution in [1.29, 1.82) is 0 Å². The van der Waals surface area contributed by atoms with Crippen LogP contribution in [0.1, 0.15) is 62.3 Å². The molecule has 1 saturated heterocycles. The minimum absolute atomic E-state index is 0.0340. The lowest BCUT2D eigenvalue weighted by molar-refractivity contribution is -0.172. The summed E-state index contributed by atoms with van der Waals surface area (Å²) in [5.41, 5.74) is 0.397. The van der Waals surface area contributed by atoms with Gasteiger partial charge in [-0.3, -0.25) is 4.79 Å². The molecule has 1 amide bonds. The number of carbonyl (C=O) groups excluding carboxylic acids is 1. The number of halogens is 3. The molecule has 1 heterocycles. The Hall–Kier alpha value is -1.54. The summed E-state index contributed by atoms with van der Waals surface area (Å²) in [7, 11) is -0.757. The second-order valence-electron chi connectivity index (χ2n) is 7.33. The third-order valence-electron chi connectivity index (χ3n) is 4.35. The highest BCUT2D eigenvalue weighted by molar-refractivity contribution is 6.55. The lowest BCUT2D eigenvalue weighted by atomic mass is 9.75. The molecule has 0 aromatic heterocycles. The maximum atomic E-state index is 12.5. The fourth-order valence-corrected chi connectivity index (χ4v) is 2.03. The number of alkyl halides is 3. The first-order valence-electron chi connectivity index (χ1n) is 8.87. The lowest BCUT2D eigenvalue weighted by Crippen LogP contribution is -2.41. The van der Waals surface area contributed by atoms with Crippen molar-refractivity contribution in [2.75, 3.05) is 0 Å². The molecular weight excluding hydrogens is 358 g/mol. The van der Waals surface area contributed by atoms with Gasteiger partial charge in [0, 0.05) is 5.70 Å². The predicted octanol–water partition coefficient (Wildman–Crippen LogP) is 5.12. The molecular formula is C19H31BF3NO3. The molecule has 8 heteroatoms. The Balaban J connectivity index is 0.00000326. The Labute approximate surface area is 161 Å². The topological polar surface area (TPSA) is 47.6 Å². The molecule has 27 heavy (non-hydrogen) atoms. The van der Waals surface area contributed by atoms with Crippen molar-refractivity contribution in [3.05, 3.63) is 35.0 Å². The van der Waals surface area contributed by atoms with Crippen molar-refractivity contribution in [2.45, 2.75) is 79.7 Å². The number of amides is 1. The molecule has 0 aromatic rings. The average molecular weight is 389 g/mol. The summed E-state index contributed by atoms with van der Waals surface area (Å²) < 4.78 is 49.5. The number of hydrogen-bond donors (Lipinski definition) is 1. The maximum absolute atomic E-state index is 12.5. The number of rotatable bonds is 4. The SMILES string of the molecule is C=C(C)/C(=C\C(B1OC(C)(C)C(C)(C)O1)=C(C)C)NC(=O)C(F)(F)F.CC. The summed E-state index contributed by atoms with van der Waals surface area (Å²) in [5, 5.41) is 1.86. The van der Waals surface area contributed by atoms with Crippen LogP contribution < -0.4 is 5.32 Å². The van der Waals surface area contributed by atoms with Crippen molar-refractivity contribution in [3.8, 4) is 0 Å². The summed E-state index contributed by atoms with van der Waals surface area (Å²) in [6.07, 6.45) is -3.56. The van der Waals surface area contributed by atoms with Gasteiger partial charge in [-0.25, -0.2) is 0 Å². The van der Waals surface area contributed by atoms with Gasteiger partial charge in [0.15, 0.2) is 0 Å². The average Bonchev–Trinajstić information content (AvgIpc) is 2.71. The molecule has 1 aliphatic rings. The molecule has 0 spiro atoms. The maximum Gasteiger partial charge on any atom is 0.494 e. The quantitative estimate of drug-likeness (QED) is 0.536. The van der Waals surface area contributed by atoms with E-state index in [0.29, 0.717) is 5.47 Å². The van der Waals surface area contributed by atoms with Crippen LogP contribution in [0.3, 0.4) is 0 Å². The van der Waals surface area contributed by atoms with Crippen LogP contribution in [-0.2, 0) is 14.1 Å². The Morgan fingerprint density at radius 2 is 1.44 bits per heavy atom. The van der Waals surface area contributed by atoms with Crippen molar-refractivity contribution in [1.82, 2.24) is 5.32 Å². The molecule has 0 aromatic carbocycles. The first-order chi connectivity index (χ1) is 12.1. The molecule has 1 N–H and O–H groups in total. The molecule has 0 atom stereocenters. The summed E-state index contributed by atoms with van der Waals surface area (Å²) in [6, 6.07) is 0. The standard InChI is InChI=1S/C17H25BF3NO3.C2H6/c1-10(2)12(18-24-15(5,6)16(7,8)25-18)9-13(11(3)4)22-14(23)17(19,20)21;1-2/h9H,3H2,1-2,4-8H3,(H,22,23);1-2H3/b13-9+;.